The first-order chi connectivity index (χ1) is 7.09. The molecule has 0 aliphatic carbocycles. The molecule has 0 fully saturated rings. The predicted octanol–water partition coefficient (Wildman–Crippen LogP) is 3.29. The Hall–Kier alpha value is -1.31. The normalized spacial score (nSPS) is 12.7. The van der Waals surface area contributed by atoms with Gasteiger partial charge in [0.2, 0.25) is 0 Å². The van der Waals surface area contributed by atoms with Crippen LogP contribution >= 0.6 is 0 Å². The minimum Gasteiger partial charge on any atom is -0.481 e. The predicted molar refractivity (Wildman–Crippen MR) is 60.9 cm³/mol. The van der Waals surface area contributed by atoms with Gasteiger partial charge in [0.05, 0.1) is 6.42 Å². The monoisotopic (exact) mass is 206 g/mol. The average molecular weight is 206 g/mol. The summed E-state index contributed by atoms with van der Waals surface area (Å²) in [7, 11) is 0. The summed E-state index contributed by atoms with van der Waals surface area (Å²) < 4.78 is 0. The van der Waals surface area contributed by atoms with E-state index < -0.39 is 5.97 Å². The van der Waals surface area contributed by atoms with Crippen molar-refractivity contribution in [2.45, 2.75) is 32.6 Å². The maximum atomic E-state index is 10.8. The number of hydrogen-bond donors (Lipinski definition) is 1. The zero-order valence-corrected chi connectivity index (χ0v) is 9.31. The molecule has 0 bridgehead atoms. The lowest BCUT2D eigenvalue weighted by Gasteiger charge is -2.17. The highest BCUT2D eigenvalue weighted by atomic mass is 16.4. The molecule has 0 aliphatic rings. The van der Waals surface area contributed by atoms with E-state index in [2.05, 4.69) is 13.8 Å². The van der Waals surface area contributed by atoms with Gasteiger partial charge in [-0.25, -0.2) is 0 Å². The van der Waals surface area contributed by atoms with Crippen LogP contribution in [0.25, 0.3) is 0 Å². The Bertz CT molecular complexity index is 304. The lowest BCUT2D eigenvalue weighted by molar-refractivity contribution is -0.137. The highest BCUT2D eigenvalue weighted by Gasteiger charge is 2.16. The molecule has 1 N–H and O–H groups in total. The van der Waals surface area contributed by atoms with Crippen molar-refractivity contribution in [3.63, 3.8) is 0 Å². The van der Waals surface area contributed by atoms with Gasteiger partial charge < -0.3 is 5.11 Å². The van der Waals surface area contributed by atoms with Gasteiger partial charge in [-0.3, -0.25) is 4.79 Å². The molecule has 1 aromatic rings. The van der Waals surface area contributed by atoms with Gasteiger partial charge in [0.25, 0.3) is 0 Å². The number of aliphatic carboxylic acids is 1. The standard InChI is InChI=1S/C13H18O2/c1-10(2)8-12(9-13(14)15)11-6-4-3-5-7-11/h3-7,10,12H,8-9H2,1-2H3,(H,14,15). The molecule has 2 heteroatoms. The largest absolute Gasteiger partial charge is 0.481 e. The van der Waals surface area contributed by atoms with E-state index in [0.717, 1.165) is 12.0 Å². The molecule has 0 saturated heterocycles. The summed E-state index contributed by atoms with van der Waals surface area (Å²) in [4.78, 5) is 10.8. The molecular weight excluding hydrogens is 188 g/mol. The maximum absolute atomic E-state index is 10.8. The number of carboxylic acid groups (broad SMARTS) is 1. The lowest BCUT2D eigenvalue weighted by atomic mass is 9.88. The third-order valence-corrected chi connectivity index (χ3v) is 2.45. The van der Waals surface area contributed by atoms with Gasteiger partial charge in [0, 0.05) is 0 Å². The van der Waals surface area contributed by atoms with Gasteiger partial charge in [-0.2, -0.15) is 0 Å². The third-order valence-electron chi connectivity index (χ3n) is 2.45. The summed E-state index contributed by atoms with van der Waals surface area (Å²) in [6, 6.07) is 9.90. The minimum absolute atomic E-state index is 0.142. The second kappa shape index (κ2) is 5.54. The summed E-state index contributed by atoms with van der Waals surface area (Å²) >= 11 is 0. The van der Waals surface area contributed by atoms with Crippen molar-refractivity contribution < 1.29 is 9.90 Å². The quantitative estimate of drug-likeness (QED) is 0.802. The fraction of sp³-hybridized carbons (Fsp3) is 0.462. The molecule has 2 nitrogen and oxygen atoms in total. The van der Waals surface area contributed by atoms with E-state index in [1.807, 2.05) is 30.3 Å². The summed E-state index contributed by atoms with van der Waals surface area (Å²) in [5.41, 5.74) is 1.13. The van der Waals surface area contributed by atoms with Crippen molar-refractivity contribution in [2.24, 2.45) is 5.92 Å². The smallest absolute Gasteiger partial charge is 0.303 e. The SMILES string of the molecule is CC(C)CC(CC(=O)O)c1ccccc1. The van der Waals surface area contributed by atoms with Crippen LogP contribution in [0.2, 0.25) is 0 Å². The van der Waals surface area contributed by atoms with Crippen LogP contribution in [0.1, 0.15) is 38.2 Å². The molecule has 0 amide bonds. The highest BCUT2D eigenvalue weighted by molar-refractivity contribution is 5.68. The molecule has 1 atom stereocenters. The van der Waals surface area contributed by atoms with Gasteiger partial charge in [-0.1, -0.05) is 44.2 Å². The molecule has 1 aromatic carbocycles. The van der Waals surface area contributed by atoms with Crippen LogP contribution in [0.15, 0.2) is 30.3 Å². The van der Waals surface area contributed by atoms with Crippen LogP contribution in [0.5, 0.6) is 0 Å². The lowest BCUT2D eigenvalue weighted by Crippen LogP contribution is -2.08. The van der Waals surface area contributed by atoms with Crippen LogP contribution < -0.4 is 0 Å². The molecule has 0 aromatic heterocycles. The van der Waals surface area contributed by atoms with E-state index in [1.54, 1.807) is 0 Å². The average Bonchev–Trinajstić information content (AvgIpc) is 2.17. The first kappa shape index (κ1) is 11.8. The summed E-state index contributed by atoms with van der Waals surface area (Å²) in [5, 5.41) is 8.86. The number of carbonyl (C=O) groups is 1. The van der Waals surface area contributed by atoms with Crippen molar-refractivity contribution in [1.82, 2.24) is 0 Å². The fourth-order valence-corrected chi connectivity index (χ4v) is 1.84. The third kappa shape index (κ3) is 4.15. The van der Waals surface area contributed by atoms with Gasteiger partial charge in [-0.15, -0.1) is 0 Å². The Labute approximate surface area is 90.9 Å². The Morgan fingerprint density at radius 2 is 1.87 bits per heavy atom. The molecule has 0 aliphatic heterocycles. The summed E-state index contributed by atoms with van der Waals surface area (Å²) in [5.74, 6) is -0.0530. The van der Waals surface area contributed by atoms with Crippen LogP contribution in [0.4, 0.5) is 0 Å². The topological polar surface area (TPSA) is 37.3 Å². The number of rotatable bonds is 5. The summed E-state index contributed by atoms with van der Waals surface area (Å²) in [6.07, 6.45) is 1.15. The number of carboxylic acids is 1. The van der Waals surface area contributed by atoms with E-state index in [4.69, 9.17) is 5.11 Å². The first-order valence-corrected chi connectivity index (χ1v) is 5.36. The molecular formula is C13H18O2. The number of benzene rings is 1. The van der Waals surface area contributed by atoms with E-state index in [1.165, 1.54) is 0 Å². The molecule has 1 rings (SSSR count). The van der Waals surface area contributed by atoms with Crippen molar-refractivity contribution in [2.75, 3.05) is 0 Å². The Morgan fingerprint density at radius 1 is 1.27 bits per heavy atom. The van der Waals surface area contributed by atoms with Crippen LogP contribution in [0, 0.1) is 5.92 Å². The second-order valence-electron chi connectivity index (χ2n) is 4.34. The van der Waals surface area contributed by atoms with Crippen molar-refractivity contribution in [3.8, 4) is 0 Å². The van der Waals surface area contributed by atoms with Gasteiger partial charge in [0.15, 0.2) is 0 Å². The van der Waals surface area contributed by atoms with E-state index >= 15 is 0 Å². The molecule has 0 radical (unpaired) electrons. The fourth-order valence-electron chi connectivity index (χ4n) is 1.84. The molecule has 0 heterocycles. The molecule has 0 spiro atoms. The molecule has 82 valence electrons. The van der Waals surface area contributed by atoms with Crippen LogP contribution in [0.3, 0.4) is 0 Å². The zero-order chi connectivity index (χ0) is 11.3. The molecule has 15 heavy (non-hydrogen) atoms. The molecule has 1 unspecified atom stereocenters. The minimum atomic E-state index is -0.718. The van der Waals surface area contributed by atoms with Crippen LogP contribution in [-0.4, -0.2) is 11.1 Å². The van der Waals surface area contributed by atoms with E-state index in [9.17, 15) is 4.79 Å². The molecule has 0 saturated carbocycles. The Morgan fingerprint density at radius 3 is 2.33 bits per heavy atom. The first-order valence-electron chi connectivity index (χ1n) is 5.36. The maximum Gasteiger partial charge on any atom is 0.303 e. The Balaban J connectivity index is 2.76. The summed E-state index contributed by atoms with van der Waals surface area (Å²) in [6.45, 7) is 4.25. The Kier molecular flexibility index (Phi) is 4.35. The van der Waals surface area contributed by atoms with Crippen LogP contribution in [-0.2, 0) is 4.79 Å². The van der Waals surface area contributed by atoms with Crippen molar-refractivity contribution in [3.05, 3.63) is 35.9 Å². The number of hydrogen-bond acceptors (Lipinski definition) is 1. The van der Waals surface area contributed by atoms with Crippen molar-refractivity contribution in [1.29, 1.82) is 0 Å². The van der Waals surface area contributed by atoms with Gasteiger partial charge in [0.1, 0.15) is 0 Å². The second-order valence-corrected chi connectivity index (χ2v) is 4.34. The van der Waals surface area contributed by atoms with Gasteiger partial charge in [-0.05, 0) is 23.8 Å². The van der Waals surface area contributed by atoms with E-state index in [0.29, 0.717) is 5.92 Å². The van der Waals surface area contributed by atoms with Crippen molar-refractivity contribution >= 4 is 5.97 Å². The van der Waals surface area contributed by atoms with Gasteiger partial charge >= 0.3 is 5.97 Å². The zero-order valence-electron chi connectivity index (χ0n) is 9.31. The van der Waals surface area contributed by atoms with E-state index in [-0.39, 0.29) is 12.3 Å². The highest BCUT2D eigenvalue weighted by Crippen LogP contribution is 2.26.